The molecule has 0 radical (unpaired) electrons. The fourth-order valence-corrected chi connectivity index (χ4v) is 9.92. The lowest BCUT2D eigenvalue weighted by Crippen LogP contribution is -2.45. The summed E-state index contributed by atoms with van der Waals surface area (Å²) in [6, 6.07) is -0.649. The summed E-state index contributed by atoms with van der Waals surface area (Å²) in [5.41, 5.74) is 0. The van der Waals surface area contributed by atoms with Crippen molar-refractivity contribution in [2.24, 2.45) is 0 Å². The van der Waals surface area contributed by atoms with Crippen molar-refractivity contribution in [3.8, 4) is 0 Å². The van der Waals surface area contributed by atoms with Crippen LogP contribution in [0.2, 0.25) is 0 Å². The highest BCUT2D eigenvalue weighted by Gasteiger charge is 2.18. The predicted octanol–water partition coefficient (Wildman–Crippen LogP) is 20.4. The van der Waals surface area contributed by atoms with Crippen molar-refractivity contribution < 1.29 is 24.5 Å². The Hall–Kier alpha value is -1.92. The Kier molecular flexibility index (Phi) is 60.0. The number of amides is 1. The number of aliphatic hydroxyl groups excluding tert-OH is 2. The van der Waals surface area contributed by atoms with Crippen LogP contribution in [0.25, 0.3) is 0 Å². The Morgan fingerprint density at radius 1 is 0.375 bits per heavy atom. The maximum absolute atomic E-state index is 12.5. The molecule has 0 saturated heterocycles. The van der Waals surface area contributed by atoms with Crippen molar-refractivity contribution in [1.29, 1.82) is 0 Å². The first-order chi connectivity index (χ1) is 35.5. The minimum atomic E-state index is -0.863. The second-order valence-electron chi connectivity index (χ2n) is 22.1. The van der Waals surface area contributed by atoms with Crippen LogP contribution in [0.4, 0.5) is 0 Å². The van der Waals surface area contributed by atoms with E-state index in [4.69, 9.17) is 4.74 Å². The summed E-state index contributed by atoms with van der Waals surface area (Å²) in [5.74, 6) is -0.115. The molecule has 2 unspecified atom stereocenters. The van der Waals surface area contributed by atoms with Crippen LogP contribution in [0.3, 0.4) is 0 Å². The average molecular weight is 1010 g/mol. The third-order valence-corrected chi connectivity index (χ3v) is 14.9. The molecule has 0 aromatic heterocycles. The maximum atomic E-state index is 12.5. The van der Waals surface area contributed by atoms with Crippen LogP contribution in [0.15, 0.2) is 36.5 Å². The molecule has 0 aliphatic rings. The molecule has 0 saturated carbocycles. The number of nitrogens with one attached hydrogen (secondary N) is 1. The zero-order chi connectivity index (χ0) is 52.2. The molecule has 0 heterocycles. The van der Waals surface area contributed by atoms with Crippen molar-refractivity contribution in [3.05, 3.63) is 36.5 Å². The summed E-state index contributed by atoms with van der Waals surface area (Å²) >= 11 is 0. The summed E-state index contributed by atoms with van der Waals surface area (Å²) in [6.07, 6.45) is 77.6. The normalized spacial score (nSPS) is 12.8. The van der Waals surface area contributed by atoms with Crippen LogP contribution in [0, 0.1) is 0 Å². The molecule has 1 amide bonds. The summed E-state index contributed by atoms with van der Waals surface area (Å²) in [7, 11) is 0. The summed E-state index contributed by atoms with van der Waals surface area (Å²) in [4.78, 5) is 24.6. The Balaban J connectivity index is 3.50. The lowest BCUT2D eigenvalue weighted by atomic mass is 10.0. The lowest BCUT2D eigenvalue weighted by molar-refractivity contribution is -0.143. The molecule has 0 fully saturated rings. The fraction of sp³-hybridized carbons (Fsp3) is 0.879. The molecule has 6 nitrogen and oxygen atoms in total. The van der Waals surface area contributed by atoms with E-state index < -0.39 is 12.1 Å². The summed E-state index contributed by atoms with van der Waals surface area (Å²) in [5, 5.41) is 23.2. The van der Waals surface area contributed by atoms with Crippen molar-refractivity contribution in [3.63, 3.8) is 0 Å². The molecule has 0 aliphatic heterocycles. The highest BCUT2D eigenvalue weighted by atomic mass is 16.5. The van der Waals surface area contributed by atoms with Gasteiger partial charge in [-0.05, 0) is 89.9 Å². The van der Waals surface area contributed by atoms with Gasteiger partial charge >= 0.3 is 5.97 Å². The van der Waals surface area contributed by atoms with Gasteiger partial charge in [-0.1, -0.05) is 281 Å². The molecule has 424 valence electrons. The molecule has 0 aromatic carbocycles. The molecule has 2 atom stereocenters. The third-order valence-electron chi connectivity index (χ3n) is 14.9. The zero-order valence-electron chi connectivity index (χ0n) is 48.4. The van der Waals surface area contributed by atoms with E-state index in [1.165, 1.54) is 238 Å². The predicted molar refractivity (Wildman–Crippen MR) is 315 cm³/mol. The molecule has 0 rings (SSSR count). The number of carbonyl (C=O) groups excluding carboxylic acids is 2. The van der Waals surface area contributed by atoms with E-state index in [9.17, 15) is 19.8 Å². The number of carbonyl (C=O) groups is 2. The average Bonchev–Trinajstić information content (AvgIpc) is 3.38. The number of unbranched alkanes of at least 4 members (excludes halogenated alkanes) is 45. The largest absolute Gasteiger partial charge is 0.466 e. The van der Waals surface area contributed by atoms with Crippen LogP contribution in [0.1, 0.15) is 348 Å². The summed E-state index contributed by atoms with van der Waals surface area (Å²) < 4.78 is 5.47. The molecule has 72 heavy (non-hydrogen) atoms. The molecule has 3 N–H and O–H groups in total. The monoisotopic (exact) mass is 1010 g/mol. The van der Waals surface area contributed by atoms with Gasteiger partial charge < -0.3 is 20.3 Å². The minimum absolute atomic E-state index is 0.0241. The van der Waals surface area contributed by atoms with E-state index in [0.717, 1.165) is 83.5 Å². The molecule has 6 heteroatoms. The van der Waals surface area contributed by atoms with Gasteiger partial charge in [0.2, 0.25) is 5.91 Å². The Bertz CT molecular complexity index is 1170. The number of hydrogen-bond donors (Lipinski definition) is 3. The van der Waals surface area contributed by atoms with E-state index in [0.29, 0.717) is 19.4 Å². The first kappa shape index (κ1) is 70.1. The van der Waals surface area contributed by atoms with Gasteiger partial charge in [-0.3, -0.25) is 9.59 Å². The number of ether oxygens (including phenoxy) is 1. The van der Waals surface area contributed by atoms with Gasteiger partial charge in [0.25, 0.3) is 0 Å². The van der Waals surface area contributed by atoms with Gasteiger partial charge in [-0.2, -0.15) is 0 Å². The standard InChI is InChI=1S/C66H125NO5/c1-3-5-7-9-11-13-15-17-19-21-23-24-25-26-27-29-30-32-34-38-42-46-50-54-58-64(69)63(62-68)67-65(70)59-55-51-47-43-39-36-37-41-45-49-53-57-61-72-66(71)60-56-52-48-44-40-35-33-31-28-22-20-18-16-14-12-10-8-6-4-2/h18,20,37,41,54,58,63-64,68-69H,3-17,19,21-36,38-40,42-53,55-57,59-62H2,1-2H3,(H,67,70)/b20-18-,41-37-,58-54+. The van der Waals surface area contributed by atoms with Crippen molar-refractivity contribution in [1.82, 2.24) is 5.32 Å². The van der Waals surface area contributed by atoms with Gasteiger partial charge in [0.15, 0.2) is 0 Å². The highest BCUT2D eigenvalue weighted by Crippen LogP contribution is 2.17. The second kappa shape index (κ2) is 61.6. The zero-order valence-corrected chi connectivity index (χ0v) is 48.4. The highest BCUT2D eigenvalue weighted by molar-refractivity contribution is 5.76. The van der Waals surface area contributed by atoms with Crippen LogP contribution in [0.5, 0.6) is 0 Å². The maximum Gasteiger partial charge on any atom is 0.305 e. The van der Waals surface area contributed by atoms with Gasteiger partial charge in [0, 0.05) is 12.8 Å². The number of rotatable bonds is 60. The van der Waals surface area contributed by atoms with E-state index >= 15 is 0 Å². The van der Waals surface area contributed by atoms with Crippen LogP contribution in [-0.2, 0) is 14.3 Å². The molecule has 0 spiro atoms. The first-order valence-electron chi connectivity index (χ1n) is 32.3. The second-order valence-corrected chi connectivity index (χ2v) is 22.1. The van der Waals surface area contributed by atoms with E-state index in [-0.39, 0.29) is 18.5 Å². The van der Waals surface area contributed by atoms with E-state index in [1.54, 1.807) is 6.08 Å². The van der Waals surface area contributed by atoms with E-state index in [2.05, 4.69) is 43.5 Å². The fourth-order valence-electron chi connectivity index (χ4n) is 9.92. The van der Waals surface area contributed by atoms with Crippen LogP contribution >= 0.6 is 0 Å². The van der Waals surface area contributed by atoms with Gasteiger partial charge in [-0.15, -0.1) is 0 Å². The molecular weight excluding hydrogens is 887 g/mol. The third kappa shape index (κ3) is 57.4. The van der Waals surface area contributed by atoms with Crippen LogP contribution < -0.4 is 5.32 Å². The Morgan fingerprint density at radius 3 is 0.986 bits per heavy atom. The molecular formula is C66H125NO5. The van der Waals surface area contributed by atoms with Crippen molar-refractivity contribution in [2.45, 2.75) is 360 Å². The topological polar surface area (TPSA) is 95.9 Å². The Morgan fingerprint density at radius 2 is 0.653 bits per heavy atom. The molecule has 0 aliphatic carbocycles. The lowest BCUT2D eigenvalue weighted by Gasteiger charge is -2.20. The molecule has 0 aromatic rings. The van der Waals surface area contributed by atoms with Crippen LogP contribution in [-0.4, -0.2) is 47.4 Å². The first-order valence-corrected chi connectivity index (χ1v) is 32.3. The number of allylic oxidation sites excluding steroid dienone is 5. The smallest absolute Gasteiger partial charge is 0.305 e. The van der Waals surface area contributed by atoms with Gasteiger partial charge in [0.1, 0.15) is 0 Å². The number of aliphatic hydroxyl groups is 2. The summed E-state index contributed by atoms with van der Waals surface area (Å²) in [6.45, 7) is 4.86. The van der Waals surface area contributed by atoms with Crippen molar-refractivity contribution >= 4 is 11.9 Å². The SMILES string of the molecule is CCCCCCCC/C=C\CCCCCCCCCCCC(=O)OCCCCC/C=C\CCCCCCCC(=O)NC(CO)C(O)/C=C/CCCCCCCCCCCCCCCCCCCCCCCC. The van der Waals surface area contributed by atoms with Gasteiger partial charge in [-0.25, -0.2) is 0 Å². The number of esters is 1. The van der Waals surface area contributed by atoms with Gasteiger partial charge in [0.05, 0.1) is 25.4 Å². The minimum Gasteiger partial charge on any atom is -0.466 e. The molecule has 0 bridgehead atoms. The van der Waals surface area contributed by atoms with E-state index in [1.807, 2.05) is 6.08 Å². The van der Waals surface area contributed by atoms with Crippen molar-refractivity contribution in [2.75, 3.05) is 13.2 Å². The number of hydrogen-bond acceptors (Lipinski definition) is 5. The quantitative estimate of drug-likeness (QED) is 0.0320. The Labute approximate surface area is 449 Å².